The van der Waals surface area contributed by atoms with Gasteiger partial charge in [-0.05, 0) is 30.3 Å². The van der Waals surface area contributed by atoms with Crippen LogP contribution >= 0.6 is 15.9 Å². The van der Waals surface area contributed by atoms with E-state index in [1.165, 1.54) is 31.4 Å². The minimum atomic E-state index is -1.10. The van der Waals surface area contributed by atoms with Gasteiger partial charge in [-0.15, -0.1) is 0 Å². The van der Waals surface area contributed by atoms with Crippen molar-refractivity contribution in [3.8, 4) is 11.5 Å². The number of benzene rings is 2. The van der Waals surface area contributed by atoms with Gasteiger partial charge in [-0.2, -0.15) is 0 Å². The molecule has 4 nitrogen and oxygen atoms in total. The van der Waals surface area contributed by atoms with Crippen LogP contribution in [0.3, 0.4) is 0 Å². The van der Waals surface area contributed by atoms with Gasteiger partial charge in [-0.1, -0.05) is 15.9 Å². The summed E-state index contributed by atoms with van der Waals surface area (Å²) >= 11 is 3.24. The molecular formula is C15H12BrFO4. The molecule has 0 atom stereocenters. The van der Waals surface area contributed by atoms with E-state index >= 15 is 0 Å². The van der Waals surface area contributed by atoms with Gasteiger partial charge in [-0.25, -0.2) is 9.18 Å². The molecule has 110 valence electrons. The molecule has 0 aromatic heterocycles. The summed E-state index contributed by atoms with van der Waals surface area (Å²) in [6.07, 6.45) is 0. The summed E-state index contributed by atoms with van der Waals surface area (Å²) in [6.45, 7) is -0.0768. The fourth-order valence-corrected chi connectivity index (χ4v) is 2.06. The highest BCUT2D eigenvalue weighted by Crippen LogP contribution is 2.25. The SMILES string of the molecule is COc1ccc(COc2cc(Br)ccc2C(=O)O)c(F)c1. The second kappa shape index (κ2) is 6.58. The van der Waals surface area contributed by atoms with E-state index in [2.05, 4.69) is 15.9 Å². The molecule has 0 bridgehead atoms. The lowest BCUT2D eigenvalue weighted by atomic mass is 10.2. The maximum Gasteiger partial charge on any atom is 0.339 e. The van der Waals surface area contributed by atoms with Crippen LogP contribution in [-0.2, 0) is 6.61 Å². The minimum absolute atomic E-state index is 0.0205. The third-order valence-electron chi connectivity index (χ3n) is 2.82. The number of carbonyl (C=O) groups is 1. The smallest absolute Gasteiger partial charge is 0.339 e. The van der Waals surface area contributed by atoms with Crippen LogP contribution in [0, 0.1) is 5.82 Å². The molecule has 0 fully saturated rings. The quantitative estimate of drug-likeness (QED) is 0.885. The summed E-state index contributed by atoms with van der Waals surface area (Å²) in [5.41, 5.74) is 0.333. The summed E-state index contributed by atoms with van der Waals surface area (Å²) < 4.78 is 24.8. The Morgan fingerprint density at radius 2 is 2.05 bits per heavy atom. The van der Waals surface area contributed by atoms with Crippen LogP contribution in [0.15, 0.2) is 40.9 Å². The molecule has 2 rings (SSSR count). The van der Waals surface area contributed by atoms with Gasteiger partial charge in [0, 0.05) is 16.1 Å². The maximum atomic E-state index is 13.8. The van der Waals surface area contributed by atoms with Crippen molar-refractivity contribution in [3.63, 3.8) is 0 Å². The topological polar surface area (TPSA) is 55.8 Å². The number of carboxylic acids is 1. The average Bonchev–Trinajstić information content (AvgIpc) is 2.45. The lowest BCUT2D eigenvalue weighted by molar-refractivity contribution is 0.0691. The Morgan fingerprint density at radius 1 is 1.29 bits per heavy atom. The molecule has 0 aliphatic rings. The summed E-state index contributed by atoms with van der Waals surface area (Å²) in [5, 5.41) is 9.09. The van der Waals surface area contributed by atoms with Crippen molar-refractivity contribution in [2.24, 2.45) is 0 Å². The van der Waals surface area contributed by atoms with E-state index in [9.17, 15) is 9.18 Å². The number of carboxylic acid groups (broad SMARTS) is 1. The lowest BCUT2D eigenvalue weighted by Crippen LogP contribution is -2.04. The summed E-state index contributed by atoms with van der Waals surface area (Å²) in [5.74, 6) is -0.994. The molecule has 0 spiro atoms. The molecule has 0 saturated carbocycles. The number of halogens is 2. The zero-order valence-electron chi connectivity index (χ0n) is 11.1. The fourth-order valence-electron chi connectivity index (χ4n) is 1.72. The zero-order chi connectivity index (χ0) is 15.4. The Morgan fingerprint density at radius 3 is 2.67 bits per heavy atom. The van der Waals surface area contributed by atoms with Gasteiger partial charge in [0.25, 0.3) is 0 Å². The summed E-state index contributed by atoms with van der Waals surface area (Å²) in [4.78, 5) is 11.1. The Hall–Kier alpha value is -2.08. The largest absolute Gasteiger partial charge is 0.497 e. The van der Waals surface area contributed by atoms with Gasteiger partial charge < -0.3 is 14.6 Å². The van der Waals surface area contributed by atoms with Gasteiger partial charge in [0.1, 0.15) is 29.5 Å². The van der Waals surface area contributed by atoms with Crippen molar-refractivity contribution in [3.05, 3.63) is 57.8 Å². The highest BCUT2D eigenvalue weighted by atomic mass is 79.9. The molecule has 0 aliphatic carbocycles. The van der Waals surface area contributed by atoms with Crippen LogP contribution in [0.1, 0.15) is 15.9 Å². The number of ether oxygens (including phenoxy) is 2. The van der Waals surface area contributed by atoms with Crippen LogP contribution in [0.2, 0.25) is 0 Å². The van der Waals surface area contributed by atoms with Gasteiger partial charge in [0.05, 0.1) is 7.11 Å². The minimum Gasteiger partial charge on any atom is -0.497 e. The first-order valence-corrected chi connectivity index (χ1v) is 6.78. The summed E-state index contributed by atoms with van der Waals surface area (Å²) in [6, 6.07) is 8.95. The van der Waals surface area contributed by atoms with Crippen molar-refractivity contribution < 1.29 is 23.8 Å². The van der Waals surface area contributed by atoms with Gasteiger partial charge in [-0.3, -0.25) is 0 Å². The monoisotopic (exact) mass is 354 g/mol. The van der Waals surface area contributed by atoms with E-state index in [0.717, 1.165) is 0 Å². The van der Waals surface area contributed by atoms with E-state index in [1.54, 1.807) is 12.1 Å². The Bertz CT molecular complexity index is 673. The average molecular weight is 355 g/mol. The number of methoxy groups -OCH3 is 1. The third kappa shape index (κ3) is 3.72. The van der Waals surface area contributed by atoms with Crippen molar-refractivity contribution in [1.29, 1.82) is 0 Å². The molecule has 0 saturated heterocycles. The fraction of sp³-hybridized carbons (Fsp3) is 0.133. The highest BCUT2D eigenvalue weighted by molar-refractivity contribution is 9.10. The molecule has 0 amide bonds. The zero-order valence-corrected chi connectivity index (χ0v) is 12.7. The van der Waals surface area contributed by atoms with Crippen LogP contribution in [-0.4, -0.2) is 18.2 Å². The summed E-state index contributed by atoms with van der Waals surface area (Å²) in [7, 11) is 1.45. The van der Waals surface area contributed by atoms with Crippen LogP contribution in [0.25, 0.3) is 0 Å². The molecule has 0 radical (unpaired) electrons. The van der Waals surface area contributed by atoms with Gasteiger partial charge >= 0.3 is 5.97 Å². The van der Waals surface area contributed by atoms with Crippen LogP contribution in [0.4, 0.5) is 4.39 Å². The van der Waals surface area contributed by atoms with E-state index < -0.39 is 11.8 Å². The number of hydrogen-bond donors (Lipinski definition) is 1. The number of hydrogen-bond acceptors (Lipinski definition) is 3. The normalized spacial score (nSPS) is 10.2. The first kappa shape index (κ1) is 15.3. The molecule has 21 heavy (non-hydrogen) atoms. The molecule has 1 N–H and O–H groups in total. The van der Waals surface area contributed by atoms with Crippen molar-refractivity contribution >= 4 is 21.9 Å². The van der Waals surface area contributed by atoms with Crippen molar-refractivity contribution in [2.45, 2.75) is 6.61 Å². The van der Waals surface area contributed by atoms with E-state index in [-0.39, 0.29) is 17.9 Å². The second-order valence-corrected chi connectivity index (χ2v) is 5.11. The predicted molar refractivity (Wildman–Crippen MR) is 78.4 cm³/mol. The maximum absolute atomic E-state index is 13.8. The first-order valence-electron chi connectivity index (χ1n) is 5.99. The van der Waals surface area contributed by atoms with Crippen LogP contribution in [0.5, 0.6) is 11.5 Å². The standard InChI is InChI=1S/C15H12BrFO4/c1-20-11-4-2-9(13(17)7-11)8-21-14-6-10(16)3-5-12(14)15(18)19/h2-7H,8H2,1H3,(H,18,19). The number of rotatable bonds is 5. The second-order valence-electron chi connectivity index (χ2n) is 4.19. The van der Waals surface area contributed by atoms with Gasteiger partial charge in [0.2, 0.25) is 0 Å². The molecule has 0 aliphatic heterocycles. The van der Waals surface area contributed by atoms with Gasteiger partial charge in [0.15, 0.2) is 0 Å². The molecule has 0 unspecified atom stereocenters. The van der Waals surface area contributed by atoms with E-state index in [4.69, 9.17) is 14.6 Å². The molecule has 6 heteroatoms. The number of aromatic carboxylic acids is 1. The predicted octanol–water partition coefficient (Wildman–Crippen LogP) is 3.87. The Labute approximate surface area is 129 Å². The van der Waals surface area contributed by atoms with E-state index in [0.29, 0.717) is 15.8 Å². The Balaban J connectivity index is 2.20. The first-order chi connectivity index (χ1) is 10.0. The molecule has 2 aromatic rings. The third-order valence-corrected chi connectivity index (χ3v) is 3.31. The molecule has 2 aromatic carbocycles. The molecule has 0 heterocycles. The highest BCUT2D eigenvalue weighted by Gasteiger charge is 2.13. The lowest BCUT2D eigenvalue weighted by Gasteiger charge is -2.11. The molecular weight excluding hydrogens is 343 g/mol. The van der Waals surface area contributed by atoms with Crippen LogP contribution < -0.4 is 9.47 Å². The van der Waals surface area contributed by atoms with Crippen molar-refractivity contribution in [2.75, 3.05) is 7.11 Å². The van der Waals surface area contributed by atoms with Crippen molar-refractivity contribution in [1.82, 2.24) is 0 Å². The van der Waals surface area contributed by atoms with E-state index in [1.807, 2.05) is 0 Å². The Kier molecular flexibility index (Phi) is 4.80.